The molecule has 1 fully saturated rings. The number of pyridine rings is 1. The molecule has 0 saturated heterocycles. The Morgan fingerprint density at radius 3 is 2.78 bits per heavy atom. The van der Waals surface area contributed by atoms with Gasteiger partial charge in [-0.1, -0.05) is 0 Å². The summed E-state index contributed by atoms with van der Waals surface area (Å²) in [7, 11) is 0. The summed E-state index contributed by atoms with van der Waals surface area (Å²) in [6, 6.07) is 4.88. The fraction of sp³-hybridized carbons (Fsp3) is 0.417. The summed E-state index contributed by atoms with van der Waals surface area (Å²) in [6.07, 6.45) is 1.47. The van der Waals surface area contributed by atoms with Gasteiger partial charge < -0.3 is 15.5 Å². The molecular formula is C12H13N3O3. The van der Waals surface area contributed by atoms with Crippen LogP contribution in [0.1, 0.15) is 18.5 Å². The quantitative estimate of drug-likeness (QED) is 0.721. The van der Waals surface area contributed by atoms with Gasteiger partial charge in [0.05, 0.1) is 29.9 Å². The van der Waals surface area contributed by atoms with Crippen LogP contribution in [0.4, 0.5) is 5.69 Å². The number of carboxylic acids is 1. The molecule has 6 heteroatoms. The Morgan fingerprint density at radius 2 is 2.28 bits per heavy atom. The van der Waals surface area contributed by atoms with Crippen LogP contribution in [0, 0.1) is 17.2 Å². The molecule has 18 heavy (non-hydrogen) atoms. The molecule has 94 valence electrons. The van der Waals surface area contributed by atoms with Crippen molar-refractivity contribution in [1.29, 1.82) is 5.26 Å². The third-order valence-corrected chi connectivity index (χ3v) is 3.11. The first-order valence-corrected chi connectivity index (χ1v) is 5.63. The second-order valence-electron chi connectivity index (χ2n) is 4.37. The molecule has 0 aromatic carbocycles. The first kappa shape index (κ1) is 12.3. The number of aliphatic carboxylic acids is 1. The van der Waals surface area contributed by atoms with Gasteiger partial charge in [0.1, 0.15) is 11.8 Å². The molecule has 2 rings (SSSR count). The first-order chi connectivity index (χ1) is 8.60. The molecule has 0 amide bonds. The molecule has 1 heterocycles. The van der Waals surface area contributed by atoms with E-state index in [1.165, 1.54) is 6.20 Å². The van der Waals surface area contributed by atoms with Crippen molar-refractivity contribution in [3.63, 3.8) is 0 Å². The van der Waals surface area contributed by atoms with Gasteiger partial charge in [-0.05, 0) is 25.0 Å². The fourth-order valence-electron chi connectivity index (χ4n) is 2.13. The topological polar surface area (TPSA) is 106 Å². The molecule has 0 spiro atoms. The zero-order valence-electron chi connectivity index (χ0n) is 9.58. The molecule has 1 aromatic heterocycles. The van der Waals surface area contributed by atoms with Gasteiger partial charge in [-0.2, -0.15) is 5.26 Å². The SMILES string of the molecule is N#Cc1ccc(NC2CC(C(=O)O)CC2O)cn1. The number of aromatic nitrogens is 1. The number of carboxylic acid groups (broad SMARTS) is 1. The van der Waals surface area contributed by atoms with Crippen molar-refractivity contribution >= 4 is 11.7 Å². The fourth-order valence-corrected chi connectivity index (χ4v) is 2.13. The minimum atomic E-state index is -0.878. The molecular weight excluding hydrogens is 234 g/mol. The zero-order chi connectivity index (χ0) is 13.1. The van der Waals surface area contributed by atoms with Crippen LogP contribution < -0.4 is 5.32 Å². The summed E-state index contributed by atoms with van der Waals surface area (Å²) >= 11 is 0. The van der Waals surface area contributed by atoms with Crippen molar-refractivity contribution in [1.82, 2.24) is 4.98 Å². The van der Waals surface area contributed by atoms with Crippen LogP contribution in [-0.4, -0.2) is 33.3 Å². The number of nitrogens with one attached hydrogen (secondary N) is 1. The van der Waals surface area contributed by atoms with Crippen molar-refractivity contribution in [3.8, 4) is 6.07 Å². The molecule has 1 aromatic rings. The molecule has 1 aliphatic carbocycles. The minimum absolute atomic E-state index is 0.261. The Labute approximate surface area is 104 Å². The number of hydrogen-bond donors (Lipinski definition) is 3. The van der Waals surface area contributed by atoms with Gasteiger partial charge in [0.25, 0.3) is 0 Å². The maximum Gasteiger partial charge on any atom is 0.306 e. The lowest BCUT2D eigenvalue weighted by Crippen LogP contribution is -2.27. The van der Waals surface area contributed by atoms with Crippen LogP contribution in [0.15, 0.2) is 18.3 Å². The molecule has 3 unspecified atom stereocenters. The Morgan fingerprint density at radius 1 is 1.50 bits per heavy atom. The lowest BCUT2D eigenvalue weighted by Gasteiger charge is -2.17. The monoisotopic (exact) mass is 247 g/mol. The summed E-state index contributed by atoms with van der Waals surface area (Å²) in [6.45, 7) is 0. The number of nitriles is 1. The van der Waals surface area contributed by atoms with E-state index in [0.29, 0.717) is 17.8 Å². The normalized spacial score (nSPS) is 26.6. The number of hydrogen-bond acceptors (Lipinski definition) is 5. The minimum Gasteiger partial charge on any atom is -0.481 e. The van der Waals surface area contributed by atoms with Crippen molar-refractivity contribution in [2.45, 2.75) is 25.0 Å². The number of aliphatic hydroxyl groups excluding tert-OH is 1. The third-order valence-electron chi connectivity index (χ3n) is 3.11. The van der Waals surface area contributed by atoms with Gasteiger partial charge in [-0.25, -0.2) is 4.98 Å². The highest BCUT2D eigenvalue weighted by atomic mass is 16.4. The van der Waals surface area contributed by atoms with Gasteiger partial charge >= 0.3 is 5.97 Å². The third kappa shape index (κ3) is 2.57. The molecule has 0 radical (unpaired) electrons. The van der Waals surface area contributed by atoms with E-state index in [2.05, 4.69) is 10.3 Å². The Hall–Kier alpha value is -2.13. The van der Waals surface area contributed by atoms with Crippen LogP contribution >= 0.6 is 0 Å². The molecule has 3 N–H and O–H groups in total. The molecule has 1 saturated carbocycles. The van der Waals surface area contributed by atoms with E-state index in [4.69, 9.17) is 10.4 Å². The highest BCUT2D eigenvalue weighted by Gasteiger charge is 2.36. The van der Waals surface area contributed by atoms with Crippen molar-refractivity contribution < 1.29 is 15.0 Å². The van der Waals surface area contributed by atoms with Crippen LogP contribution in [0.5, 0.6) is 0 Å². The summed E-state index contributed by atoms with van der Waals surface area (Å²) in [5.74, 6) is -1.39. The van der Waals surface area contributed by atoms with E-state index in [1.807, 2.05) is 6.07 Å². The lowest BCUT2D eigenvalue weighted by atomic mass is 10.1. The predicted molar refractivity (Wildman–Crippen MR) is 62.7 cm³/mol. The Bertz CT molecular complexity index is 480. The highest BCUT2D eigenvalue weighted by Crippen LogP contribution is 2.28. The van der Waals surface area contributed by atoms with E-state index in [0.717, 1.165) is 0 Å². The average Bonchev–Trinajstić information content (AvgIpc) is 2.72. The predicted octanol–water partition coefficient (Wildman–Crippen LogP) is 0.589. The molecule has 3 atom stereocenters. The van der Waals surface area contributed by atoms with Crippen LogP contribution in [0.3, 0.4) is 0 Å². The van der Waals surface area contributed by atoms with Gasteiger partial charge in [0.2, 0.25) is 0 Å². The second kappa shape index (κ2) is 5.02. The maximum atomic E-state index is 10.8. The van der Waals surface area contributed by atoms with E-state index in [-0.39, 0.29) is 12.5 Å². The Balaban J connectivity index is 2.01. The smallest absolute Gasteiger partial charge is 0.306 e. The van der Waals surface area contributed by atoms with E-state index in [9.17, 15) is 9.90 Å². The number of rotatable bonds is 3. The van der Waals surface area contributed by atoms with Crippen LogP contribution in [-0.2, 0) is 4.79 Å². The maximum absolute atomic E-state index is 10.8. The van der Waals surface area contributed by atoms with Gasteiger partial charge in [0.15, 0.2) is 0 Å². The van der Waals surface area contributed by atoms with Gasteiger partial charge in [-0.15, -0.1) is 0 Å². The number of anilines is 1. The first-order valence-electron chi connectivity index (χ1n) is 5.63. The molecule has 6 nitrogen and oxygen atoms in total. The summed E-state index contributed by atoms with van der Waals surface area (Å²) in [4.78, 5) is 14.7. The summed E-state index contributed by atoms with van der Waals surface area (Å²) in [5.41, 5.74) is 0.986. The van der Waals surface area contributed by atoms with Crippen molar-refractivity contribution in [3.05, 3.63) is 24.0 Å². The molecule has 0 bridgehead atoms. The van der Waals surface area contributed by atoms with Gasteiger partial charge in [0, 0.05) is 0 Å². The second-order valence-corrected chi connectivity index (χ2v) is 4.37. The van der Waals surface area contributed by atoms with Gasteiger partial charge in [-0.3, -0.25) is 4.79 Å². The Kier molecular flexibility index (Phi) is 3.44. The summed E-state index contributed by atoms with van der Waals surface area (Å²) < 4.78 is 0. The standard InChI is InChI=1S/C12H13N3O3/c13-5-8-1-2-9(6-14-8)15-10-3-7(12(17)18)4-11(10)16/h1-2,6-7,10-11,15-16H,3-4H2,(H,17,18). The zero-order valence-corrected chi connectivity index (χ0v) is 9.58. The van der Waals surface area contributed by atoms with Crippen LogP contribution in [0.2, 0.25) is 0 Å². The van der Waals surface area contributed by atoms with E-state index < -0.39 is 18.0 Å². The lowest BCUT2D eigenvalue weighted by molar-refractivity contribution is -0.141. The van der Waals surface area contributed by atoms with Crippen molar-refractivity contribution in [2.75, 3.05) is 5.32 Å². The number of carbonyl (C=O) groups is 1. The highest BCUT2D eigenvalue weighted by molar-refractivity contribution is 5.70. The van der Waals surface area contributed by atoms with E-state index in [1.54, 1.807) is 12.1 Å². The summed E-state index contributed by atoms with van der Waals surface area (Å²) in [5, 5.41) is 30.3. The number of aliphatic hydroxyl groups is 1. The average molecular weight is 247 g/mol. The largest absolute Gasteiger partial charge is 0.481 e. The molecule has 1 aliphatic rings. The van der Waals surface area contributed by atoms with Crippen molar-refractivity contribution in [2.24, 2.45) is 5.92 Å². The van der Waals surface area contributed by atoms with E-state index >= 15 is 0 Å². The molecule has 0 aliphatic heterocycles. The number of nitrogens with zero attached hydrogens (tertiary/aromatic N) is 2. The van der Waals surface area contributed by atoms with Crippen LogP contribution in [0.25, 0.3) is 0 Å².